The van der Waals surface area contributed by atoms with E-state index in [1.54, 1.807) is 6.20 Å². The van der Waals surface area contributed by atoms with E-state index in [1.807, 2.05) is 48.5 Å². The highest BCUT2D eigenvalue weighted by Crippen LogP contribution is 2.23. The average Bonchev–Trinajstić information content (AvgIpc) is 2.89. The largest absolute Gasteiger partial charge is 0.353 e. The summed E-state index contributed by atoms with van der Waals surface area (Å²) in [6, 6.07) is 18.1. The third kappa shape index (κ3) is 5.88. The first-order valence-electron chi connectivity index (χ1n) is 12.9. The smallest absolute Gasteiger partial charge is 0.274 e. The number of likely N-dealkylation sites (tertiary alicyclic amines) is 1. The van der Waals surface area contributed by atoms with Gasteiger partial charge >= 0.3 is 0 Å². The third-order valence-corrected chi connectivity index (χ3v) is 7.39. The molecule has 0 unspecified atom stereocenters. The molecular formula is C29H34N4O2. The number of hydrogen-bond acceptors (Lipinski definition) is 4. The second-order valence-corrected chi connectivity index (χ2v) is 9.93. The molecule has 2 aromatic carbocycles. The number of carbonyl (C=O) groups is 2. The van der Waals surface area contributed by atoms with Gasteiger partial charge in [-0.3, -0.25) is 19.5 Å². The van der Waals surface area contributed by atoms with Crippen LogP contribution in [0.5, 0.6) is 0 Å². The van der Waals surface area contributed by atoms with Gasteiger partial charge in [0.25, 0.3) is 5.91 Å². The number of nitrogens with zero attached hydrogens (tertiary/aromatic N) is 2. The molecule has 1 aromatic heterocycles. The van der Waals surface area contributed by atoms with Crippen molar-refractivity contribution in [3.05, 3.63) is 72.1 Å². The Labute approximate surface area is 207 Å². The molecule has 1 saturated heterocycles. The molecule has 1 aliphatic heterocycles. The first-order valence-corrected chi connectivity index (χ1v) is 12.9. The van der Waals surface area contributed by atoms with Crippen molar-refractivity contribution in [1.82, 2.24) is 15.2 Å². The van der Waals surface area contributed by atoms with Crippen molar-refractivity contribution in [2.75, 3.05) is 18.4 Å². The fourth-order valence-corrected chi connectivity index (χ4v) is 5.42. The molecule has 6 nitrogen and oxygen atoms in total. The van der Waals surface area contributed by atoms with Gasteiger partial charge in [0.05, 0.1) is 0 Å². The number of pyridine rings is 1. The quantitative estimate of drug-likeness (QED) is 0.523. The van der Waals surface area contributed by atoms with Crippen LogP contribution >= 0.6 is 0 Å². The van der Waals surface area contributed by atoms with Gasteiger partial charge in [-0.15, -0.1) is 0 Å². The van der Waals surface area contributed by atoms with Crippen LogP contribution in [0.15, 0.2) is 60.8 Å². The maximum absolute atomic E-state index is 13.0. The molecule has 2 amide bonds. The molecule has 0 bridgehead atoms. The number of fused-ring (bicyclic) bond motifs is 1. The maximum atomic E-state index is 13.0. The lowest BCUT2D eigenvalue weighted by Gasteiger charge is -2.32. The Kier molecular flexibility index (Phi) is 7.38. The Morgan fingerprint density at radius 3 is 2.54 bits per heavy atom. The van der Waals surface area contributed by atoms with Crippen LogP contribution in [0.4, 0.5) is 5.69 Å². The van der Waals surface area contributed by atoms with Gasteiger partial charge in [0.2, 0.25) is 5.91 Å². The highest BCUT2D eigenvalue weighted by molar-refractivity contribution is 6.11. The summed E-state index contributed by atoms with van der Waals surface area (Å²) in [4.78, 5) is 32.4. The number of anilines is 1. The molecule has 2 fully saturated rings. The minimum Gasteiger partial charge on any atom is -0.353 e. The lowest BCUT2D eigenvalue weighted by Crippen LogP contribution is -2.44. The summed E-state index contributed by atoms with van der Waals surface area (Å²) in [7, 11) is 0. The number of aromatic nitrogens is 1. The van der Waals surface area contributed by atoms with Crippen LogP contribution in [0.3, 0.4) is 0 Å². The topological polar surface area (TPSA) is 74.3 Å². The molecule has 1 saturated carbocycles. The second kappa shape index (κ2) is 11.0. The van der Waals surface area contributed by atoms with Crippen molar-refractivity contribution in [3.63, 3.8) is 0 Å². The fraction of sp³-hybridized carbons (Fsp3) is 0.414. The van der Waals surface area contributed by atoms with E-state index >= 15 is 0 Å². The van der Waals surface area contributed by atoms with Gasteiger partial charge in [-0.05, 0) is 67.9 Å². The van der Waals surface area contributed by atoms with Crippen LogP contribution in [0.1, 0.15) is 61.0 Å². The van der Waals surface area contributed by atoms with E-state index in [9.17, 15) is 9.59 Å². The van der Waals surface area contributed by atoms with Crippen LogP contribution in [0.25, 0.3) is 10.8 Å². The molecule has 3 aromatic rings. The van der Waals surface area contributed by atoms with Crippen molar-refractivity contribution in [1.29, 1.82) is 0 Å². The number of hydrogen-bond donors (Lipinski definition) is 2. The van der Waals surface area contributed by atoms with Gasteiger partial charge in [0.1, 0.15) is 5.69 Å². The van der Waals surface area contributed by atoms with Gasteiger partial charge in [-0.2, -0.15) is 0 Å². The van der Waals surface area contributed by atoms with E-state index in [1.165, 1.54) is 19.3 Å². The number of nitrogens with one attached hydrogen (secondary N) is 2. The zero-order chi connectivity index (χ0) is 24.0. The summed E-state index contributed by atoms with van der Waals surface area (Å²) in [6.45, 7) is 2.64. The van der Waals surface area contributed by atoms with Gasteiger partial charge in [0.15, 0.2) is 0 Å². The van der Waals surface area contributed by atoms with Gasteiger partial charge < -0.3 is 10.6 Å². The van der Waals surface area contributed by atoms with Crippen LogP contribution in [0, 0.1) is 5.92 Å². The van der Waals surface area contributed by atoms with Crippen molar-refractivity contribution < 1.29 is 9.59 Å². The molecule has 0 spiro atoms. The van der Waals surface area contributed by atoms with E-state index in [0.717, 1.165) is 67.3 Å². The summed E-state index contributed by atoms with van der Waals surface area (Å²) >= 11 is 0. The first-order chi connectivity index (χ1) is 17.2. The summed E-state index contributed by atoms with van der Waals surface area (Å²) in [5, 5.41) is 8.16. The van der Waals surface area contributed by atoms with E-state index in [-0.39, 0.29) is 17.7 Å². The summed E-state index contributed by atoms with van der Waals surface area (Å²) < 4.78 is 0. The molecule has 2 aliphatic rings. The summed E-state index contributed by atoms with van der Waals surface area (Å²) in [5.74, 6) is 0.180. The first kappa shape index (κ1) is 23.5. The molecule has 1 aliphatic carbocycles. The minimum atomic E-state index is -0.205. The highest BCUT2D eigenvalue weighted by atomic mass is 16.2. The van der Waals surface area contributed by atoms with E-state index in [2.05, 4.69) is 26.6 Å². The predicted octanol–water partition coefficient (Wildman–Crippen LogP) is 5.15. The Balaban J connectivity index is 1.15. The van der Waals surface area contributed by atoms with Gasteiger partial charge in [0, 0.05) is 35.8 Å². The van der Waals surface area contributed by atoms with E-state index in [0.29, 0.717) is 11.7 Å². The van der Waals surface area contributed by atoms with Gasteiger partial charge in [-0.1, -0.05) is 55.7 Å². The standard InChI is InChI=1S/C29H34N4O2/c34-28(31-24-9-2-1-3-10-24)23-14-17-33(18-15-23)20-21-7-6-11-25(19-21)32-29(35)27-26-12-5-4-8-22(26)13-16-30-27/h4-8,11-13,16,19,23-24H,1-3,9-10,14-15,17-18,20H2,(H,31,34)(H,32,35). The zero-order valence-corrected chi connectivity index (χ0v) is 20.2. The summed E-state index contributed by atoms with van der Waals surface area (Å²) in [6.07, 6.45) is 9.52. The fourth-order valence-electron chi connectivity index (χ4n) is 5.42. The third-order valence-electron chi connectivity index (χ3n) is 7.39. The van der Waals surface area contributed by atoms with Crippen molar-refractivity contribution in [2.45, 2.75) is 57.5 Å². The molecule has 2 N–H and O–H groups in total. The monoisotopic (exact) mass is 470 g/mol. The molecular weight excluding hydrogens is 436 g/mol. The van der Waals surface area contributed by atoms with Crippen molar-refractivity contribution in [2.24, 2.45) is 5.92 Å². The van der Waals surface area contributed by atoms with Gasteiger partial charge in [-0.25, -0.2) is 0 Å². The number of benzene rings is 2. The zero-order valence-electron chi connectivity index (χ0n) is 20.2. The van der Waals surface area contributed by atoms with Crippen LogP contribution in [-0.2, 0) is 11.3 Å². The number of rotatable bonds is 6. The van der Waals surface area contributed by atoms with Crippen LogP contribution in [-0.4, -0.2) is 40.8 Å². The number of carbonyl (C=O) groups excluding carboxylic acids is 2. The normalized spacial score (nSPS) is 17.8. The highest BCUT2D eigenvalue weighted by Gasteiger charge is 2.27. The molecule has 5 rings (SSSR count). The van der Waals surface area contributed by atoms with Crippen LogP contribution < -0.4 is 10.6 Å². The number of piperidine rings is 1. The Morgan fingerprint density at radius 1 is 0.914 bits per heavy atom. The summed E-state index contributed by atoms with van der Waals surface area (Å²) in [5.41, 5.74) is 2.35. The van der Waals surface area contributed by atoms with Crippen molar-refractivity contribution in [3.8, 4) is 0 Å². The predicted molar refractivity (Wildman–Crippen MR) is 139 cm³/mol. The van der Waals surface area contributed by atoms with E-state index in [4.69, 9.17) is 0 Å². The molecule has 2 heterocycles. The lowest BCUT2D eigenvalue weighted by atomic mass is 9.92. The second-order valence-electron chi connectivity index (χ2n) is 9.93. The molecule has 35 heavy (non-hydrogen) atoms. The molecule has 6 heteroatoms. The van der Waals surface area contributed by atoms with E-state index < -0.39 is 0 Å². The Hall–Kier alpha value is -3.25. The Bertz CT molecular complexity index is 1170. The average molecular weight is 471 g/mol. The maximum Gasteiger partial charge on any atom is 0.274 e. The minimum absolute atomic E-state index is 0.131. The molecule has 182 valence electrons. The molecule has 0 radical (unpaired) electrons. The Morgan fingerprint density at radius 2 is 1.71 bits per heavy atom. The number of amides is 2. The van der Waals surface area contributed by atoms with Crippen molar-refractivity contribution >= 4 is 28.3 Å². The lowest BCUT2D eigenvalue weighted by molar-refractivity contribution is -0.127. The SMILES string of the molecule is O=C(Nc1cccc(CN2CCC(C(=O)NC3CCCCC3)CC2)c1)c1nccc2ccccc12. The molecule has 0 atom stereocenters. The van der Waals surface area contributed by atoms with Crippen LogP contribution in [0.2, 0.25) is 0 Å².